The molecular formula is C19H20N4O2. The largest absolute Gasteiger partial charge is 0.480 e. The molecule has 25 heavy (non-hydrogen) atoms. The van der Waals surface area contributed by atoms with Crippen molar-refractivity contribution in [1.29, 1.82) is 0 Å². The molecule has 1 saturated heterocycles. The van der Waals surface area contributed by atoms with Crippen LogP contribution in [0.2, 0.25) is 0 Å². The number of benzene rings is 2. The first-order valence-electron chi connectivity index (χ1n) is 8.30. The van der Waals surface area contributed by atoms with Crippen molar-refractivity contribution in [3.05, 3.63) is 82.2 Å². The van der Waals surface area contributed by atoms with E-state index in [1.54, 1.807) is 0 Å². The van der Waals surface area contributed by atoms with E-state index in [9.17, 15) is 9.90 Å². The highest BCUT2D eigenvalue weighted by atomic mass is 16.4. The van der Waals surface area contributed by atoms with E-state index in [4.69, 9.17) is 5.53 Å². The van der Waals surface area contributed by atoms with Crippen LogP contribution in [-0.4, -0.2) is 41.1 Å². The molecule has 2 aromatic rings. The summed E-state index contributed by atoms with van der Waals surface area (Å²) in [6.45, 7) is 1.04. The summed E-state index contributed by atoms with van der Waals surface area (Å²) < 4.78 is 0. The Morgan fingerprint density at radius 3 is 2.20 bits per heavy atom. The van der Waals surface area contributed by atoms with Crippen LogP contribution in [-0.2, 0) is 4.79 Å². The zero-order chi connectivity index (χ0) is 17.6. The Morgan fingerprint density at radius 2 is 1.72 bits per heavy atom. The maximum absolute atomic E-state index is 11.6. The van der Waals surface area contributed by atoms with Gasteiger partial charge in [-0.1, -0.05) is 65.8 Å². The standard InChI is InChI=1S/C19H20N4O2/c20-22-21-16-11-18(19(24)25)23(12-16)13-17(14-7-3-1-4-8-14)15-9-5-2-6-10-15/h1-10,16-18H,11-13H2,(H,24,25)/t16-,18-/m0/s1. The highest BCUT2D eigenvalue weighted by Gasteiger charge is 2.37. The number of aliphatic carboxylic acids is 1. The molecule has 0 spiro atoms. The van der Waals surface area contributed by atoms with Gasteiger partial charge in [-0.05, 0) is 23.1 Å². The third kappa shape index (κ3) is 3.99. The van der Waals surface area contributed by atoms with Crippen LogP contribution in [0.15, 0.2) is 65.8 Å². The molecule has 0 radical (unpaired) electrons. The van der Waals surface area contributed by atoms with Gasteiger partial charge in [-0.3, -0.25) is 9.69 Å². The van der Waals surface area contributed by atoms with Crippen LogP contribution in [0.3, 0.4) is 0 Å². The number of hydrogen-bond acceptors (Lipinski definition) is 3. The summed E-state index contributed by atoms with van der Waals surface area (Å²) in [5, 5.41) is 13.3. The van der Waals surface area contributed by atoms with Crippen molar-refractivity contribution in [2.45, 2.75) is 24.4 Å². The lowest BCUT2D eigenvalue weighted by molar-refractivity contribution is -0.142. The molecule has 1 aliphatic rings. The maximum atomic E-state index is 11.6. The average molecular weight is 336 g/mol. The van der Waals surface area contributed by atoms with E-state index in [-0.39, 0.29) is 12.0 Å². The van der Waals surface area contributed by atoms with Gasteiger partial charge in [0.25, 0.3) is 0 Å². The van der Waals surface area contributed by atoms with Gasteiger partial charge in [0, 0.05) is 23.9 Å². The quantitative estimate of drug-likeness (QED) is 0.496. The van der Waals surface area contributed by atoms with Gasteiger partial charge in [0.05, 0.1) is 6.04 Å². The Hall–Kier alpha value is -2.82. The van der Waals surface area contributed by atoms with Crippen LogP contribution in [0.5, 0.6) is 0 Å². The summed E-state index contributed by atoms with van der Waals surface area (Å²) in [5.74, 6) is -0.801. The van der Waals surface area contributed by atoms with Gasteiger partial charge < -0.3 is 5.11 Å². The fraction of sp³-hybridized carbons (Fsp3) is 0.316. The maximum Gasteiger partial charge on any atom is 0.320 e. The van der Waals surface area contributed by atoms with Crippen LogP contribution in [0.1, 0.15) is 23.5 Å². The van der Waals surface area contributed by atoms with E-state index < -0.39 is 12.0 Å². The lowest BCUT2D eigenvalue weighted by Gasteiger charge is -2.27. The molecule has 1 aliphatic heterocycles. The monoisotopic (exact) mass is 336 g/mol. The fourth-order valence-electron chi connectivity index (χ4n) is 3.50. The average Bonchev–Trinajstić information content (AvgIpc) is 3.04. The molecule has 6 nitrogen and oxygen atoms in total. The molecule has 6 heteroatoms. The number of likely N-dealkylation sites (tertiary alicyclic amines) is 1. The normalized spacial score (nSPS) is 20.4. The molecule has 128 valence electrons. The minimum absolute atomic E-state index is 0.0639. The molecule has 0 aromatic heterocycles. The van der Waals surface area contributed by atoms with Crippen molar-refractivity contribution in [3.63, 3.8) is 0 Å². The van der Waals surface area contributed by atoms with Gasteiger partial charge in [-0.2, -0.15) is 0 Å². The number of rotatable bonds is 6. The molecule has 0 unspecified atom stereocenters. The molecular weight excluding hydrogens is 316 g/mol. The zero-order valence-electron chi connectivity index (χ0n) is 13.8. The smallest absolute Gasteiger partial charge is 0.320 e. The molecule has 1 N–H and O–H groups in total. The summed E-state index contributed by atoms with van der Waals surface area (Å²) in [4.78, 5) is 16.4. The van der Waals surface area contributed by atoms with Gasteiger partial charge in [-0.25, -0.2) is 0 Å². The molecule has 0 aliphatic carbocycles. The topological polar surface area (TPSA) is 89.3 Å². The number of carbonyl (C=O) groups is 1. The predicted octanol–water partition coefficient (Wildman–Crippen LogP) is 3.66. The van der Waals surface area contributed by atoms with E-state index in [2.05, 4.69) is 34.3 Å². The van der Waals surface area contributed by atoms with Crippen LogP contribution < -0.4 is 0 Å². The van der Waals surface area contributed by atoms with Gasteiger partial charge in [-0.15, -0.1) is 0 Å². The number of carboxylic acids is 1. The predicted molar refractivity (Wildman–Crippen MR) is 95.3 cm³/mol. The van der Waals surface area contributed by atoms with Crippen molar-refractivity contribution in [1.82, 2.24) is 4.90 Å². The summed E-state index contributed by atoms with van der Waals surface area (Å²) in [5.41, 5.74) is 11.0. The summed E-state index contributed by atoms with van der Waals surface area (Å²) >= 11 is 0. The second-order valence-corrected chi connectivity index (χ2v) is 6.28. The lowest BCUT2D eigenvalue weighted by Crippen LogP contribution is -2.38. The number of hydrogen-bond donors (Lipinski definition) is 1. The molecule has 1 heterocycles. The van der Waals surface area contributed by atoms with Gasteiger partial charge in [0.2, 0.25) is 0 Å². The Morgan fingerprint density at radius 1 is 1.16 bits per heavy atom. The Bertz CT molecular complexity index is 720. The van der Waals surface area contributed by atoms with E-state index in [0.717, 1.165) is 11.1 Å². The lowest BCUT2D eigenvalue weighted by atomic mass is 9.90. The van der Waals surface area contributed by atoms with E-state index in [0.29, 0.717) is 19.5 Å². The van der Waals surface area contributed by atoms with Crippen molar-refractivity contribution in [2.75, 3.05) is 13.1 Å². The molecule has 2 atom stereocenters. The van der Waals surface area contributed by atoms with Gasteiger partial charge >= 0.3 is 5.97 Å². The zero-order valence-corrected chi connectivity index (χ0v) is 13.8. The number of nitrogens with zero attached hydrogens (tertiary/aromatic N) is 4. The van der Waals surface area contributed by atoms with Crippen molar-refractivity contribution < 1.29 is 9.90 Å². The molecule has 0 amide bonds. The molecule has 0 bridgehead atoms. The molecule has 1 fully saturated rings. The number of carboxylic acid groups (broad SMARTS) is 1. The summed E-state index contributed by atoms with van der Waals surface area (Å²) in [7, 11) is 0. The van der Waals surface area contributed by atoms with Crippen molar-refractivity contribution in [3.8, 4) is 0 Å². The van der Waals surface area contributed by atoms with Gasteiger partial charge in [0.15, 0.2) is 0 Å². The third-order valence-corrected chi connectivity index (χ3v) is 4.70. The number of azide groups is 1. The van der Waals surface area contributed by atoms with Crippen molar-refractivity contribution >= 4 is 5.97 Å². The molecule has 3 rings (SSSR count). The SMILES string of the molecule is [N-]=[N+]=N[C@H]1C[C@@H](C(=O)O)N(CC(c2ccccc2)c2ccccc2)C1. The Balaban J connectivity index is 1.89. The van der Waals surface area contributed by atoms with Crippen LogP contribution in [0.25, 0.3) is 10.4 Å². The third-order valence-electron chi connectivity index (χ3n) is 4.70. The fourth-order valence-corrected chi connectivity index (χ4v) is 3.50. The van der Waals surface area contributed by atoms with E-state index in [1.807, 2.05) is 41.3 Å². The summed E-state index contributed by atoms with van der Waals surface area (Å²) in [6, 6.07) is 19.3. The first-order valence-corrected chi connectivity index (χ1v) is 8.30. The minimum atomic E-state index is -0.865. The first kappa shape index (κ1) is 17.0. The summed E-state index contributed by atoms with van der Waals surface area (Å²) in [6.07, 6.45) is 0.357. The second-order valence-electron chi connectivity index (χ2n) is 6.28. The van der Waals surface area contributed by atoms with Crippen LogP contribution >= 0.6 is 0 Å². The van der Waals surface area contributed by atoms with Gasteiger partial charge in [0.1, 0.15) is 6.04 Å². The Labute approximate surface area is 146 Å². The molecule has 2 aromatic carbocycles. The van der Waals surface area contributed by atoms with E-state index >= 15 is 0 Å². The van der Waals surface area contributed by atoms with E-state index in [1.165, 1.54) is 0 Å². The second kappa shape index (κ2) is 7.83. The van der Waals surface area contributed by atoms with Crippen molar-refractivity contribution in [2.24, 2.45) is 5.11 Å². The highest BCUT2D eigenvalue weighted by Crippen LogP contribution is 2.30. The van der Waals surface area contributed by atoms with Crippen LogP contribution in [0.4, 0.5) is 0 Å². The molecule has 0 saturated carbocycles. The Kier molecular flexibility index (Phi) is 5.33. The highest BCUT2D eigenvalue weighted by molar-refractivity contribution is 5.74. The van der Waals surface area contributed by atoms with Crippen LogP contribution in [0, 0.1) is 0 Å². The first-order chi connectivity index (χ1) is 12.2. The minimum Gasteiger partial charge on any atom is -0.480 e.